The van der Waals surface area contributed by atoms with E-state index in [1.165, 1.54) is 0 Å². The summed E-state index contributed by atoms with van der Waals surface area (Å²) in [6.45, 7) is 9.85. The van der Waals surface area contributed by atoms with E-state index in [2.05, 4.69) is 36.7 Å². The number of piperidine rings is 1. The van der Waals surface area contributed by atoms with Crippen LogP contribution in [0.3, 0.4) is 0 Å². The van der Waals surface area contributed by atoms with Crippen molar-refractivity contribution in [3.63, 3.8) is 0 Å². The smallest absolute Gasteiger partial charge is 0.102 e. The van der Waals surface area contributed by atoms with Crippen molar-refractivity contribution in [1.29, 1.82) is 5.26 Å². The highest BCUT2D eigenvalue weighted by Crippen LogP contribution is 2.34. The monoisotopic (exact) mass is 257 g/mol. The van der Waals surface area contributed by atoms with Crippen molar-refractivity contribution in [2.24, 2.45) is 5.41 Å². The van der Waals surface area contributed by atoms with Crippen molar-refractivity contribution >= 4 is 0 Å². The van der Waals surface area contributed by atoms with Gasteiger partial charge in [0.25, 0.3) is 0 Å². The predicted molar refractivity (Wildman–Crippen MR) is 76.7 cm³/mol. The molecule has 1 aromatic heterocycles. The molecule has 0 atom stereocenters. The van der Waals surface area contributed by atoms with Gasteiger partial charge in [-0.3, -0.25) is 4.98 Å². The minimum absolute atomic E-state index is 0.317. The van der Waals surface area contributed by atoms with Gasteiger partial charge in [0.15, 0.2) is 0 Å². The summed E-state index contributed by atoms with van der Waals surface area (Å²) in [4.78, 5) is 6.87. The van der Waals surface area contributed by atoms with Gasteiger partial charge in [0, 0.05) is 25.8 Å². The minimum Gasteiger partial charge on any atom is -0.303 e. The van der Waals surface area contributed by atoms with Crippen molar-refractivity contribution in [2.45, 2.75) is 39.0 Å². The zero-order chi connectivity index (χ0) is 13.9. The van der Waals surface area contributed by atoms with Crippen LogP contribution in [0.1, 0.15) is 39.3 Å². The lowest BCUT2D eigenvalue weighted by atomic mass is 9.76. The van der Waals surface area contributed by atoms with E-state index in [0.29, 0.717) is 5.41 Å². The van der Waals surface area contributed by atoms with E-state index in [9.17, 15) is 5.26 Å². The number of rotatable bonds is 2. The summed E-state index contributed by atoms with van der Waals surface area (Å²) in [5.41, 5.74) is 0.876. The molecule has 19 heavy (non-hydrogen) atoms. The number of aromatic nitrogens is 1. The van der Waals surface area contributed by atoms with Crippen LogP contribution in [-0.2, 0) is 5.41 Å². The topological polar surface area (TPSA) is 39.9 Å². The molecule has 3 nitrogen and oxygen atoms in total. The van der Waals surface area contributed by atoms with Crippen LogP contribution in [0.25, 0.3) is 0 Å². The van der Waals surface area contributed by atoms with Crippen LogP contribution >= 0.6 is 0 Å². The zero-order valence-corrected chi connectivity index (χ0v) is 12.2. The lowest BCUT2D eigenvalue weighted by Crippen LogP contribution is -2.45. The summed E-state index contributed by atoms with van der Waals surface area (Å²) in [5, 5.41) is 9.61. The third kappa shape index (κ3) is 3.33. The van der Waals surface area contributed by atoms with Gasteiger partial charge in [0.1, 0.15) is 5.41 Å². The normalized spacial score (nSPS) is 19.9. The first-order valence-corrected chi connectivity index (χ1v) is 7.00. The Balaban J connectivity index is 2.07. The van der Waals surface area contributed by atoms with E-state index < -0.39 is 0 Å². The van der Waals surface area contributed by atoms with E-state index in [0.717, 1.165) is 38.2 Å². The van der Waals surface area contributed by atoms with E-state index >= 15 is 0 Å². The van der Waals surface area contributed by atoms with E-state index in [1.54, 1.807) is 6.20 Å². The van der Waals surface area contributed by atoms with Crippen LogP contribution in [-0.4, -0.2) is 29.5 Å². The van der Waals surface area contributed by atoms with Crippen molar-refractivity contribution < 1.29 is 0 Å². The Labute approximate surface area is 116 Å². The standard InChI is InChI=1S/C16H23N3/c1-15(2,3)13-19-10-7-16(12-17,8-11-19)14-6-4-5-9-18-14/h4-6,9H,7-8,10-11,13H2,1-3H3. The number of hydrogen-bond donors (Lipinski definition) is 0. The second kappa shape index (κ2) is 5.30. The van der Waals surface area contributed by atoms with E-state index in [4.69, 9.17) is 0 Å². The summed E-state index contributed by atoms with van der Waals surface area (Å²) in [7, 11) is 0. The Bertz CT molecular complexity index is 445. The molecule has 3 heteroatoms. The molecule has 1 aromatic rings. The molecule has 0 aliphatic carbocycles. The van der Waals surface area contributed by atoms with Gasteiger partial charge >= 0.3 is 0 Å². The third-order valence-corrected chi connectivity index (χ3v) is 3.78. The molecule has 2 heterocycles. The highest BCUT2D eigenvalue weighted by Gasteiger charge is 2.38. The van der Waals surface area contributed by atoms with Gasteiger partial charge in [-0.1, -0.05) is 26.8 Å². The van der Waals surface area contributed by atoms with Gasteiger partial charge in [-0.2, -0.15) is 5.26 Å². The fraction of sp³-hybridized carbons (Fsp3) is 0.625. The zero-order valence-electron chi connectivity index (χ0n) is 12.2. The highest BCUT2D eigenvalue weighted by molar-refractivity contribution is 5.27. The first kappa shape index (κ1) is 14.0. The average molecular weight is 257 g/mol. The second-order valence-corrected chi connectivity index (χ2v) is 6.75. The molecule has 1 saturated heterocycles. The Kier molecular flexibility index (Phi) is 3.91. The Hall–Kier alpha value is -1.40. The Morgan fingerprint density at radius 3 is 2.47 bits per heavy atom. The second-order valence-electron chi connectivity index (χ2n) is 6.75. The summed E-state index contributed by atoms with van der Waals surface area (Å²) in [6.07, 6.45) is 3.56. The average Bonchev–Trinajstić information content (AvgIpc) is 2.39. The first-order chi connectivity index (χ1) is 8.95. The van der Waals surface area contributed by atoms with E-state index in [1.807, 2.05) is 18.2 Å². The Morgan fingerprint density at radius 1 is 1.32 bits per heavy atom. The van der Waals surface area contributed by atoms with Crippen molar-refractivity contribution in [2.75, 3.05) is 19.6 Å². The van der Waals surface area contributed by atoms with Gasteiger partial charge < -0.3 is 4.90 Å². The molecule has 102 valence electrons. The molecule has 0 unspecified atom stereocenters. The van der Waals surface area contributed by atoms with Crippen LogP contribution in [0.2, 0.25) is 0 Å². The maximum absolute atomic E-state index is 9.61. The van der Waals surface area contributed by atoms with Crippen LogP contribution < -0.4 is 0 Å². The highest BCUT2D eigenvalue weighted by atomic mass is 15.1. The maximum Gasteiger partial charge on any atom is 0.102 e. The number of nitrogens with zero attached hydrogens (tertiary/aromatic N) is 3. The minimum atomic E-state index is -0.379. The molecular formula is C16H23N3. The summed E-state index contributed by atoms with van der Waals surface area (Å²) < 4.78 is 0. The van der Waals surface area contributed by atoms with Crippen LogP contribution in [0.15, 0.2) is 24.4 Å². The number of nitriles is 1. The molecule has 0 bridgehead atoms. The molecule has 1 fully saturated rings. The molecule has 0 radical (unpaired) electrons. The maximum atomic E-state index is 9.61. The first-order valence-electron chi connectivity index (χ1n) is 7.00. The molecule has 0 aromatic carbocycles. The Morgan fingerprint density at radius 2 is 2.00 bits per heavy atom. The largest absolute Gasteiger partial charge is 0.303 e. The quantitative estimate of drug-likeness (QED) is 0.817. The lowest BCUT2D eigenvalue weighted by molar-refractivity contribution is 0.136. The summed E-state index contributed by atoms with van der Waals surface area (Å²) in [6, 6.07) is 8.40. The number of pyridine rings is 1. The van der Waals surface area contributed by atoms with Crippen molar-refractivity contribution in [1.82, 2.24) is 9.88 Å². The van der Waals surface area contributed by atoms with Crippen LogP contribution in [0.4, 0.5) is 0 Å². The predicted octanol–water partition coefficient (Wildman–Crippen LogP) is 2.98. The van der Waals surface area contributed by atoms with Gasteiger partial charge in [-0.25, -0.2) is 0 Å². The SMILES string of the molecule is CC(C)(C)CN1CCC(C#N)(c2ccccn2)CC1. The summed E-state index contributed by atoms with van der Waals surface area (Å²) in [5.74, 6) is 0. The molecule has 0 saturated carbocycles. The van der Waals surface area contributed by atoms with Crippen LogP contribution in [0.5, 0.6) is 0 Å². The molecule has 0 spiro atoms. The van der Waals surface area contributed by atoms with Gasteiger partial charge in [0.05, 0.1) is 11.8 Å². The van der Waals surface area contributed by atoms with E-state index in [-0.39, 0.29) is 5.41 Å². The lowest BCUT2D eigenvalue weighted by Gasteiger charge is -2.39. The molecule has 1 aliphatic rings. The molecule has 0 amide bonds. The van der Waals surface area contributed by atoms with Crippen LogP contribution in [0, 0.1) is 16.7 Å². The number of likely N-dealkylation sites (tertiary alicyclic amines) is 1. The molecule has 2 rings (SSSR count). The molecule has 1 aliphatic heterocycles. The number of hydrogen-bond acceptors (Lipinski definition) is 3. The summed E-state index contributed by atoms with van der Waals surface area (Å²) >= 11 is 0. The van der Waals surface area contributed by atoms with Gasteiger partial charge in [0.2, 0.25) is 0 Å². The van der Waals surface area contributed by atoms with Gasteiger partial charge in [-0.05, 0) is 30.4 Å². The fourth-order valence-corrected chi connectivity index (χ4v) is 2.83. The fourth-order valence-electron chi connectivity index (χ4n) is 2.83. The van der Waals surface area contributed by atoms with Gasteiger partial charge in [-0.15, -0.1) is 0 Å². The molecule has 0 N–H and O–H groups in total. The van der Waals surface area contributed by atoms with Crippen molar-refractivity contribution in [3.8, 4) is 6.07 Å². The van der Waals surface area contributed by atoms with Crippen molar-refractivity contribution in [3.05, 3.63) is 30.1 Å². The molecular weight excluding hydrogens is 234 g/mol. The third-order valence-electron chi connectivity index (χ3n) is 3.78.